The Bertz CT molecular complexity index is 1030. The lowest BCUT2D eigenvalue weighted by atomic mass is 10.2. The van der Waals surface area contributed by atoms with Crippen LogP contribution in [0.25, 0.3) is 0 Å². The first-order valence-corrected chi connectivity index (χ1v) is 10.2. The number of aromatic nitrogens is 4. The Morgan fingerprint density at radius 3 is 2.42 bits per heavy atom. The van der Waals surface area contributed by atoms with Crippen molar-refractivity contribution in [2.24, 2.45) is 0 Å². The quantitative estimate of drug-likeness (QED) is 0.650. The van der Waals surface area contributed by atoms with E-state index in [1.54, 1.807) is 37.1 Å². The van der Waals surface area contributed by atoms with Crippen molar-refractivity contribution < 1.29 is 9.53 Å². The number of ether oxygens (including phenoxy) is 1. The maximum atomic E-state index is 12.8. The molecule has 2 N–H and O–H groups in total. The molecule has 1 fully saturated rings. The maximum absolute atomic E-state index is 12.8. The average molecular weight is 419 g/mol. The Morgan fingerprint density at radius 1 is 1.00 bits per heavy atom. The Morgan fingerprint density at radius 2 is 1.74 bits per heavy atom. The largest absolute Gasteiger partial charge is 0.372 e. The molecule has 31 heavy (non-hydrogen) atoms. The van der Waals surface area contributed by atoms with Gasteiger partial charge in [-0.1, -0.05) is 0 Å². The minimum Gasteiger partial charge on any atom is -0.372 e. The van der Waals surface area contributed by atoms with Crippen LogP contribution in [0, 0.1) is 6.92 Å². The van der Waals surface area contributed by atoms with Crippen molar-refractivity contribution in [1.29, 1.82) is 0 Å². The van der Waals surface area contributed by atoms with E-state index in [4.69, 9.17) is 4.74 Å². The van der Waals surface area contributed by atoms with E-state index < -0.39 is 0 Å². The SMILES string of the molecule is Cc1ccc(Nc2cnccc2NC(=O)c2cnc(N3C[C@@H](C)O[C@@H](C)C3)nc2)cn1. The van der Waals surface area contributed by atoms with Crippen molar-refractivity contribution in [1.82, 2.24) is 19.9 Å². The summed E-state index contributed by atoms with van der Waals surface area (Å²) in [6.45, 7) is 7.41. The first-order valence-electron chi connectivity index (χ1n) is 10.2. The van der Waals surface area contributed by atoms with Crippen LogP contribution in [-0.4, -0.2) is 51.1 Å². The topological polar surface area (TPSA) is 105 Å². The number of carbonyl (C=O) groups is 1. The van der Waals surface area contributed by atoms with Gasteiger partial charge in [-0.2, -0.15) is 0 Å². The van der Waals surface area contributed by atoms with Crippen molar-refractivity contribution >= 4 is 28.9 Å². The zero-order valence-electron chi connectivity index (χ0n) is 17.7. The van der Waals surface area contributed by atoms with Crippen LogP contribution in [0.3, 0.4) is 0 Å². The van der Waals surface area contributed by atoms with Gasteiger partial charge in [0.05, 0.1) is 47.2 Å². The molecule has 3 aromatic rings. The molecule has 0 aliphatic carbocycles. The molecule has 0 unspecified atom stereocenters. The van der Waals surface area contributed by atoms with Gasteiger partial charge >= 0.3 is 0 Å². The number of aryl methyl sites for hydroxylation is 1. The molecule has 9 heteroatoms. The predicted molar refractivity (Wildman–Crippen MR) is 119 cm³/mol. The monoisotopic (exact) mass is 419 g/mol. The molecular formula is C22H25N7O2. The minimum atomic E-state index is -0.299. The molecule has 1 amide bonds. The van der Waals surface area contributed by atoms with Crippen LogP contribution in [0.2, 0.25) is 0 Å². The number of amides is 1. The number of hydrogen-bond donors (Lipinski definition) is 2. The molecule has 1 aliphatic heterocycles. The summed E-state index contributed by atoms with van der Waals surface area (Å²) in [5.41, 5.74) is 3.36. The lowest BCUT2D eigenvalue weighted by molar-refractivity contribution is -0.00572. The van der Waals surface area contributed by atoms with E-state index in [1.165, 1.54) is 0 Å². The standard InChI is InChI=1S/C22H25N7O2/c1-14-4-5-18(10-24-14)27-20-11-23-7-6-19(20)28-21(30)17-8-25-22(26-9-17)29-12-15(2)31-16(3)13-29/h4-11,15-16,27H,12-13H2,1-3H3,(H,23,28,30)/t15-,16+. The number of morpholine rings is 1. The van der Waals surface area contributed by atoms with Gasteiger partial charge in [0.2, 0.25) is 5.95 Å². The zero-order valence-corrected chi connectivity index (χ0v) is 17.7. The van der Waals surface area contributed by atoms with E-state index in [0.717, 1.165) is 24.5 Å². The molecule has 4 rings (SSSR count). The molecule has 0 bridgehead atoms. The second-order valence-corrected chi connectivity index (χ2v) is 7.62. The van der Waals surface area contributed by atoms with Gasteiger partial charge in [-0.3, -0.25) is 14.8 Å². The van der Waals surface area contributed by atoms with Crippen molar-refractivity contribution in [2.75, 3.05) is 28.6 Å². The van der Waals surface area contributed by atoms with Gasteiger partial charge in [0.1, 0.15) is 0 Å². The summed E-state index contributed by atoms with van der Waals surface area (Å²) in [7, 11) is 0. The smallest absolute Gasteiger partial charge is 0.258 e. The number of nitrogens with one attached hydrogen (secondary N) is 2. The lowest BCUT2D eigenvalue weighted by Gasteiger charge is -2.35. The highest BCUT2D eigenvalue weighted by Crippen LogP contribution is 2.24. The first-order chi connectivity index (χ1) is 15.0. The molecule has 0 saturated carbocycles. The summed E-state index contributed by atoms with van der Waals surface area (Å²) >= 11 is 0. The zero-order chi connectivity index (χ0) is 21.8. The van der Waals surface area contributed by atoms with Crippen LogP contribution in [0.5, 0.6) is 0 Å². The van der Waals surface area contributed by atoms with Crippen LogP contribution in [-0.2, 0) is 4.74 Å². The fourth-order valence-electron chi connectivity index (χ4n) is 3.44. The minimum absolute atomic E-state index is 0.108. The molecule has 9 nitrogen and oxygen atoms in total. The van der Waals surface area contributed by atoms with Gasteiger partial charge in [-0.25, -0.2) is 9.97 Å². The molecule has 0 radical (unpaired) electrons. The van der Waals surface area contributed by atoms with Gasteiger partial charge in [-0.15, -0.1) is 0 Å². The number of hydrogen-bond acceptors (Lipinski definition) is 8. The normalized spacial score (nSPS) is 18.5. The Balaban J connectivity index is 1.45. The van der Waals surface area contributed by atoms with Crippen molar-refractivity contribution in [2.45, 2.75) is 33.0 Å². The molecule has 1 aliphatic rings. The molecule has 0 aromatic carbocycles. The number of nitrogens with zero attached hydrogens (tertiary/aromatic N) is 5. The fourth-order valence-corrected chi connectivity index (χ4v) is 3.44. The van der Waals surface area contributed by atoms with Gasteiger partial charge in [0.15, 0.2) is 0 Å². The highest BCUT2D eigenvalue weighted by atomic mass is 16.5. The second kappa shape index (κ2) is 9.05. The van der Waals surface area contributed by atoms with E-state index in [2.05, 4.69) is 35.5 Å². The molecular weight excluding hydrogens is 394 g/mol. The molecule has 2 atom stereocenters. The van der Waals surface area contributed by atoms with E-state index >= 15 is 0 Å². The molecule has 3 aromatic heterocycles. The summed E-state index contributed by atoms with van der Waals surface area (Å²) in [5, 5.41) is 6.12. The number of carbonyl (C=O) groups excluding carboxylic acids is 1. The summed E-state index contributed by atoms with van der Waals surface area (Å²) in [5.74, 6) is 0.295. The summed E-state index contributed by atoms with van der Waals surface area (Å²) in [4.78, 5) is 32.0. The molecule has 0 spiro atoms. The van der Waals surface area contributed by atoms with Gasteiger partial charge in [0.25, 0.3) is 5.91 Å². The number of anilines is 4. The van der Waals surface area contributed by atoms with Crippen molar-refractivity contribution in [3.63, 3.8) is 0 Å². The van der Waals surface area contributed by atoms with Crippen molar-refractivity contribution in [3.05, 3.63) is 60.4 Å². The van der Waals surface area contributed by atoms with Gasteiger partial charge in [0, 0.05) is 37.4 Å². The van der Waals surface area contributed by atoms with Gasteiger partial charge in [-0.05, 0) is 39.0 Å². The maximum Gasteiger partial charge on any atom is 0.258 e. The summed E-state index contributed by atoms with van der Waals surface area (Å²) < 4.78 is 5.75. The van der Waals surface area contributed by atoms with E-state index in [0.29, 0.717) is 22.9 Å². The third-order valence-corrected chi connectivity index (χ3v) is 4.86. The van der Waals surface area contributed by atoms with Crippen LogP contribution >= 0.6 is 0 Å². The number of rotatable bonds is 5. The predicted octanol–water partition coefficient (Wildman–Crippen LogP) is 3.18. The highest BCUT2D eigenvalue weighted by Gasteiger charge is 2.24. The summed E-state index contributed by atoms with van der Waals surface area (Å²) in [6.07, 6.45) is 8.30. The molecule has 4 heterocycles. The Kier molecular flexibility index (Phi) is 6.03. The molecule has 160 valence electrons. The van der Waals surface area contributed by atoms with Crippen LogP contribution in [0.1, 0.15) is 29.9 Å². The lowest BCUT2D eigenvalue weighted by Crippen LogP contribution is -2.46. The Hall–Kier alpha value is -3.59. The average Bonchev–Trinajstić information content (AvgIpc) is 2.76. The second-order valence-electron chi connectivity index (χ2n) is 7.62. The van der Waals surface area contributed by atoms with E-state index in [9.17, 15) is 4.79 Å². The van der Waals surface area contributed by atoms with E-state index in [1.807, 2.05) is 32.9 Å². The van der Waals surface area contributed by atoms with Crippen LogP contribution < -0.4 is 15.5 Å². The fraction of sp³-hybridized carbons (Fsp3) is 0.318. The Labute approximate surface area is 180 Å². The van der Waals surface area contributed by atoms with E-state index in [-0.39, 0.29) is 18.1 Å². The van der Waals surface area contributed by atoms with Crippen LogP contribution in [0.4, 0.5) is 23.0 Å². The van der Waals surface area contributed by atoms with Crippen molar-refractivity contribution in [3.8, 4) is 0 Å². The number of pyridine rings is 2. The highest BCUT2D eigenvalue weighted by molar-refractivity contribution is 6.05. The van der Waals surface area contributed by atoms with Crippen LogP contribution in [0.15, 0.2) is 49.2 Å². The third-order valence-electron chi connectivity index (χ3n) is 4.86. The first kappa shape index (κ1) is 20.7. The molecule has 1 saturated heterocycles. The summed E-state index contributed by atoms with van der Waals surface area (Å²) in [6, 6.07) is 5.56. The van der Waals surface area contributed by atoms with Gasteiger partial charge < -0.3 is 20.3 Å². The third kappa shape index (κ3) is 5.13.